The number of unbranched alkanes of at least 4 members (excludes halogenated alkanes) is 9. The predicted octanol–water partition coefficient (Wildman–Crippen LogP) is 4.69. The van der Waals surface area contributed by atoms with Crippen molar-refractivity contribution in [2.24, 2.45) is 15.7 Å². The molecule has 0 aliphatic carbocycles. The van der Waals surface area contributed by atoms with Gasteiger partial charge in [0, 0.05) is 0 Å². The highest BCUT2D eigenvalue weighted by Gasteiger charge is 2.16. The lowest BCUT2D eigenvalue weighted by atomic mass is 10.1. The van der Waals surface area contributed by atoms with Gasteiger partial charge in [0.25, 0.3) is 0 Å². The van der Waals surface area contributed by atoms with Gasteiger partial charge >= 0.3 is 0 Å². The maximum atomic E-state index is 5.92. The lowest BCUT2D eigenvalue weighted by molar-refractivity contribution is 0.501. The molecule has 0 radical (unpaired) electrons. The van der Waals surface area contributed by atoms with Crippen molar-refractivity contribution in [3.05, 3.63) is 35.9 Å². The number of hydrogen-bond acceptors (Lipinski definition) is 3. The average Bonchev–Trinajstić information content (AvgIpc) is 2.68. The number of nitrogens with zero attached hydrogens (tertiary/aromatic N) is 2. The molecule has 1 atom stereocenters. The van der Waals surface area contributed by atoms with Gasteiger partial charge in [-0.2, -0.15) is 0 Å². The van der Waals surface area contributed by atoms with Crippen molar-refractivity contribution in [3.8, 4) is 0 Å². The highest BCUT2D eigenvalue weighted by Crippen LogP contribution is 2.13. The summed E-state index contributed by atoms with van der Waals surface area (Å²) in [6.45, 7) is 2.90. The quantitative estimate of drug-likeness (QED) is 0.440. The summed E-state index contributed by atoms with van der Waals surface area (Å²) in [6, 6.07) is 10.2. The zero-order valence-corrected chi connectivity index (χ0v) is 16.9. The van der Waals surface area contributed by atoms with Crippen LogP contribution in [0.3, 0.4) is 0 Å². The zero-order chi connectivity index (χ0) is 19.2. The summed E-state index contributed by atoms with van der Waals surface area (Å²) in [4.78, 5) is 9.04. The van der Waals surface area contributed by atoms with Crippen molar-refractivity contribution in [2.45, 2.75) is 90.3 Å². The van der Waals surface area contributed by atoms with Gasteiger partial charge in [-0.3, -0.25) is 5.32 Å². The van der Waals surface area contributed by atoms with Gasteiger partial charge < -0.3 is 11.1 Å². The Balaban J connectivity index is 1.58. The molecular formula is C22H37N5. The van der Waals surface area contributed by atoms with Crippen LogP contribution in [0.15, 0.2) is 40.3 Å². The van der Waals surface area contributed by atoms with Crippen LogP contribution in [0.2, 0.25) is 0 Å². The molecule has 1 aromatic carbocycles. The Bertz CT molecular complexity index is 567. The van der Waals surface area contributed by atoms with Crippen LogP contribution in [-0.4, -0.2) is 18.1 Å². The molecule has 0 bridgehead atoms. The number of nitrogens with one attached hydrogen (secondary N) is 2. The Morgan fingerprint density at radius 3 is 2.22 bits per heavy atom. The topological polar surface area (TPSA) is 74.8 Å². The molecule has 0 saturated heterocycles. The predicted molar refractivity (Wildman–Crippen MR) is 116 cm³/mol. The molecular weight excluding hydrogens is 334 g/mol. The van der Waals surface area contributed by atoms with Gasteiger partial charge in [0.1, 0.15) is 6.17 Å². The van der Waals surface area contributed by atoms with E-state index < -0.39 is 0 Å². The van der Waals surface area contributed by atoms with Crippen molar-refractivity contribution in [1.82, 2.24) is 10.6 Å². The van der Waals surface area contributed by atoms with Gasteiger partial charge in [0.2, 0.25) is 0 Å². The van der Waals surface area contributed by atoms with E-state index in [9.17, 15) is 0 Å². The molecule has 1 aliphatic rings. The maximum Gasteiger partial charge on any atom is 0.200 e. The van der Waals surface area contributed by atoms with Crippen molar-refractivity contribution >= 4 is 11.9 Å². The van der Waals surface area contributed by atoms with Crippen LogP contribution >= 0.6 is 0 Å². The minimum absolute atomic E-state index is 0.0369. The number of aliphatic imine (C=N–C) groups is 2. The van der Waals surface area contributed by atoms with Crippen LogP contribution in [0.25, 0.3) is 0 Å². The van der Waals surface area contributed by atoms with Crippen LogP contribution in [0.5, 0.6) is 0 Å². The summed E-state index contributed by atoms with van der Waals surface area (Å²) in [5.41, 5.74) is 7.10. The number of guanidine groups is 2. The summed E-state index contributed by atoms with van der Waals surface area (Å²) in [6.07, 6.45) is 14.5. The summed E-state index contributed by atoms with van der Waals surface area (Å²) in [7, 11) is 0. The first kappa shape index (κ1) is 21.3. The largest absolute Gasteiger partial charge is 0.370 e. The molecule has 1 aliphatic heterocycles. The number of benzene rings is 1. The Morgan fingerprint density at radius 2 is 1.56 bits per heavy atom. The Hall–Kier alpha value is -2.04. The van der Waals surface area contributed by atoms with E-state index in [0.29, 0.717) is 12.5 Å². The number of rotatable bonds is 13. The molecule has 0 spiro atoms. The molecule has 27 heavy (non-hydrogen) atoms. The van der Waals surface area contributed by atoms with E-state index in [-0.39, 0.29) is 6.17 Å². The third kappa shape index (κ3) is 9.45. The first-order valence-electron chi connectivity index (χ1n) is 10.7. The molecule has 0 aromatic heterocycles. The molecule has 1 aromatic rings. The normalized spacial score (nSPS) is 18.0. The van der Waals surface area contributed by atoms with Crippen LogP contribution in [0.4, 0.5) is 0 Å². The molecule has 1 unspecified atom stereocenters. The van der Waals surface area contributed by atoms with E-state index in [0.717, 1.165) is 12.4 Å². The fourth-order valence-electron chi connectivity index (χ4n) is 3.35. The summed E-state index contributed by atoms with van der Waals surface area (Å²) < 4.78 is 0. The smallest absolute Gasteiger partial charge is 0.200 e. The van der Waals surface area contributed by atoms with E-state index >= 15 is 0 Å². The molecule has 2 rings (SSSR count). The fourth-order valence-corrected chi connectivity index (χ4v) is 3.35. The van der Waals surface area contributed by atoms with Gasteiger partial charge in [-0.15, -0.1) is 0 Å². The van der Waals surface area contributed by atoms with E-state index in [1.165, 1.54) is 69.8 Å². The van der Waals surface area contributed by atoms with Gasteiger partial charge in [0.05, 0.1) is 6.54 Å². The van der Waals surface area contributed by atoms with Gasteiger partial charge in [-0.25, -0.2) is 9.98 Å². The summed E-state index contributed by atoms with van der Waals surface area (Å²) in [5, 5.41) is 6.38. The second-order valence-electron chi connectivity index (χ2n) is 7.42. The second kappa shape index (κ2) is 13.2. The molecule has 150 valence electrons. The lowest BCUT2D eigenvalue weighted by Crippen LogP contribution is -2.53. The Morgan fingerprint density at radius 1 is 0.926 bits per heavy atom. The highest BCUT2D eigenvalue weighted by atomic mass is 15.3. The minimum Gasteiger partial charge on any atom is -0.370 e. The maximum absolute atomic E-state index is 5.92. The molecule has 1 heterocycles. The number of hydrogen-bond donors (Lipinski definition) is 3. The molecule has 0 saturated carbocycles. The third-order valence-corrected chi connectivity index (χ3v) is 4.94. The van der Waals surface area contributed by atoms with Crippen molar-refractivity contribution < 1.29 is 0 Å². The van der Waals surface area contributed by atoms with Crippen LogP contribution in [0, 0.1) is 0 Å². The van der Waals surface area contributed by atoms with Crippen LogP contribution in [-0.2, 0) is 6.54 Å². The SMILES string of the molecule is CCCCCCCCCCCCC1N=C(N)NC(=NCc2ccccc2)N1. The number of nitrogens with two attached hydrogens (primary N) is 1. The summed E-state index contributed by atoms with van der Waals surface area (Å²) in [5.74, 6) is 1.18. The highest BCUT2D eigenvalue weighted by molar-refractivity contribution is 5.99. The first-order valence-corrected chi connectivity index (χ1v) is 10.7. The van der Waals surface area contributed by atoms with Gasteiger partial charge in [-0.1, -0.05) is 95.0 Å². The van der Waals surface area contributed by atoms with Crippen molar-refractivity contribution in [2.75, 3.05) is 0 Å². The standard InChI is InChI=1S/C22H37N5/c1-2-3-4-5-6-7-8-9-10-14-17-20-25-21(23)27-22(26-20)24-18-19-15-12-11-13-16-19/h11-13,15-16,20H,2-10,14,17-18H2,1H3,(H4,23,24,25,26,27). The second-order valence-corrected chi connectivity index (χ2v) is 7.42. The van der Waals surface area contributed by atoms with E-state index in [2.05, 4.69) is 39.7 Å². The Kier molecular flexibility index (Phi) is 10.4. The Labute approximate surface area is 164 Å². The molecule has 4 N–H and O–H groups in total. The molecule has 0 fully saturated rings. The first-order chi connectivity index (χ1) is 13.3. The molecule has 0 amide bonds. The van der Waals surface area contributed by atoms with E-state index in [1.807, 2.05) is 18.2 Å². The monoisotopic (exact) mass is 371 g/mol. The fraction of sp³-hybridized carbons (Fsp3) is 0.636. The molecule has 5 nitrogen and oxygen atoms in total. The van der Waals surface area contributed by atoms with E-state index in [4.69, 9.17) is 5.73 Å². The van der Waals surface area contributed by atoms with Gasteiger partial charge in [0.15, 0.2) is 11.9 Å². The van der Waals surface area contributed by atoms with Crippen LogP contribution < -0.4 is 16.4 Å². The van der Waals surface area contributed by atoms with Crippen LogP contribution in [0.1, 0.15) is 83.1 Å². The van der Waals surface area contributed by atoms with Crippen molar-refractivity contribution in [3.63, 3.8) is 0 Å². The van der Waals surface area contributed by atoms with Crippen molar-refractivity contribution in [1.29, 1.82) is 0 Å². The van der Waals surface area contributed by atoms with Gasteiger partial charge in [-0.05, 0) is 18.4 Å². The minimum atomic E-state index is 0.0369. The lowest BCUT2D eigenvalue weighted by Gasteiger charge is -2.24. The molecule has 5 heteroatoms. The summed E-state index contributed by atoms with van der Waals surface area (Å²) >= 11 is 0. The van der Waals surface area contributed by atoms with E-state index in [1.54, 1.807) is 0 Å². The third-order valence-electron chi connectivity index (χ3n) is 4.94. The zero-order valence-electron chi connectivity index (χ0n) is 16.9. The average molecular weight is 372 g/mol.